The first kappa shape index (κ1) is 17.2. The molecule has 4 nitrogen and oxygen atoms in total. The van der Waals surface area contributed by atoms with Crippen molar-refractivity contribution in [3.8, 4) is 0 Å². The lowest BCUT2D eigenvalue weighted by molar-refractivity contribution is -0.138. The van der Waals surface area contributed by atoms with Crippen LogP contribution < -0.4 is 0 Å². The molecule has 2 aromatic carbocycles. The molecule has 0 atom stereocenters. The summed E-state index contributed by atoms with van der Waals surface area (Å²) < 4.78 is 4.82. The maximum atomic E-state index is 12.3. The molecular formula is C20H18O4. The third-order valence-corrected chi connectivity index (χ3v) is 3.58. The van der Waals surface area contributed by atoms with Gasteiger partial charge in [-0.1, -0.05) is 60.7 Å². The quantitative estimate of drug-likeness (QED) is 0.516. The molecule has 2 rings (SSSR count). The molecule has 2 aromatic rings. The molecule has 0 spiro atoms. The van der Waals surface area contributed by atoms with Gasteiger partial charge in [0.05, 0.1) is 18.3 Å². The molecule has 0 unspecified atom stereocenters. The summed E-state index contributed by atoms with van der Waals surface area (Å²) in [5, 5.41) is 9.63. The summed E-state index contributed by atoms with van der Waals surface area (Å²) in [6.45, 7) is 1.71. The summed E-state index contributed by atoms with van der Waals surface area (Å²) in [6, 6.07) is 18.1. The molecule has 4 heteroatoms. The number of ether oxygens (including phenoxy) is 1. The fourth-order valence-corrected chi connectivity index (χ4v) is 2.36. The zero-order valence-electron chi connectivity index (χ0n) is 13.5. The number of methoxy groups -OCH3 is 1. The van der Waals surface area contributed by atoms with E-state index in [0.29, 0.717) is 11.1 Å². The Kier molecular flexibility index (Phi) is 5.68. The largest absolute Gasteiger partial charge is 0.478 e. The lowest BCUT2D eigenvalue weighted by Gasteiger charge is -2.12. The highest BCUT2D eigenvalue weighted by molar-refractivity contribution is 6.13. The maximum absolute atomic E-state index is 12.3. The number of carbonyl (C=O) groups is 2. The van der Waals surface area contributed by atoms with Gasteiger partial charge in [0.15, 0.2) is 0 Å². The van der Waals surface area contributed by atoms with Gasteiger partial charge >= 0.3 is 11.9 Å². The van der Waals surface area contributed by atoms with Crippen LogP contribution in [-0.2, 0) is 14.3 Å². The molecule has 0 aliphatic heterocycles. The number of hydrogen-bond donors (Lipinski definition) is 1. The third kappa shape index (κ3) is 3.98. The van der Waals surface area contributed by atoms with Crippen molar-refractivity contribution in [1.29, 1.82) is 0 Å². The molecule has 0 amide bonds. The zero-order chi connectivity index (χ0) is 17.5. The first-order valence-electron chi connectivity index (χ1n) is 7.39. The van der Waals surface area contributed by atoms with Crippen LogP contribution >= 0.6 is 0 Å². The predicted octanol–water partition coefficient (Wildman–Crippen LogP) is 3.80. The number of esters is 1. The fraction of sp³-hybridized carbons (Fsp3) is 0.100. The van der Waals surface area contributed by atoms with Gasteiger partial charge in [-0.05, 0) is 29.7 Å². The second kappa shape index (κ2) is 7.92. The van der Waals surface area contributed by atoms with Crippen LogP contribution in [0.1, 0.15) is 18.1 Å². The standard InChI is InChI=1S/C20H18O4/c1-14(16-11-7-4-8-12-16)18(20(23)24-2)17(19(21)22)13-15-9-5-3-6-10-15/h3-13H,1-2H3,(H,21,22)/b17-13+,18-14+. The van der Waals surface area contributed by atoms with Gasteiger partial charge in [0.2, 0.25) is 0 Å². The van der Waals surface area contributed by atoms with Gasteiger partial charge in [0, 0.05) is 0 Å². The molecule has 0 radical (unpaired) electrons. The Hall–Kier alpha value is -3.14. The lowest BCUT2D eigenvalue weighted by atomic mass is 9.94. The Morgan fingerprint density at radius 3 is 2.00 bits per heavy atom. The summed E-state index contributed by atoms with van der Waals surface area (Å²) in [5.41, 5.74) is 1.94. The minimum Gasteiger partial charge on any atom is -0.478 e. The molecule has 122 valence electrons. The van der Waals surface area contributed by atoms with E-state index < -0.39 is 11.9 Å². The summed E-state index contributed by atoms with van der Waals surface area (Å²) >= 11 is 0. The summed E-state index contributed by atoms with van der Waals surface area (Å²) in [6.07, 6.45) is 1.47. The Bertz CT molecular complexity index is 787. The second-order valence-corrected chi connectivity index (χ2v) is 5.13. The molecular weight excluding hydrogens is 304 g/mol. The van der Waals surface area contributed by atoms with Crippen LogP contribution in [0.2, 0.25) is 0 Å². The minimum atomic E-state index is -1.19. The van der Waals surface area contributed by atoms with Gasteiger partial charge in [-0.2, -0.15) is 0 Å². The van der Waals surface area contributed by atoms with Crippen molar-refractivity contribution >= 4 is 23.6 Å². The summed E-state index contributed by atoms with van der Waals surface area (Å²) in [7, 11) is 1.24. The fourth-order valence-electron chi connectivity index (χ4n) is 2.36. The Morgan fingerprint density at radius 1 is 0.958 bits per heavy atom. The Balaban J connectivity index is 2.67. The van der Waals surface area contributed by atoms with Crippen molar-refractivity contribution in [3.05, 3.63) is 82.9 Å². The normalized spacial score (nSPS) is 12.3. The average Bonchev–Trinajstić information content (AvgIpc) is 2.62. The van der Waals surface area contributed by atoms with Crippen LogP contribution in [0.25, 0.3) is 11.6 Å². The highest BCUT2D eigenvalue weighted by Crippen LogP contribution is 2.26. The smallest absolute Gasteiger partial charge is 0.339 e. The van der Waals surface area contributed by atoms with Gasteiger partial charge in [-0.15, -0.1) is 0 Å². The highest BCUT2D eigenvalue weighted by atomic mass is 16.5. The number of carboxylic acid groups (broad SMARTS) is 1. The van der Waals surface area contributed by atoms with Gasteiger partial charge in [-0.25, -0.2) is 9.59 Å². The highest BCUT2D eigenvalue weighted by Gasteiger charge is 2.24. The van der Waals surface area contributed by atoms with E-state index in [0.717, 1.165) is 5.56 Å². The minimum absolute atomic E-state index is 0.0417. The van der Waals surface area contributed by atoms with Crippen molar-refractivity contribution in [1.82, 2.24) is 0 Å². The van der Waals surface area contributed by atoms with Crippen LogP contribution in [0.15, 0.2) is 71.8 Å². The van der Waals surface area contributed by atoms with Gasteiger partial charge in [0.25, 0.3) is 0 Å². The Morgan fingerprint density at radius 2 is 1.50 bits per heavy atom. The van der Waals surface area contributed by atoms with Crippen molar-refractivity contribution in [2.75, 3.05) is 7.11 Å². The van der Waals surface area contributed by atoms with E-state index >= 15 is 0 Å². The molecule has 0 saturated heterocycles. The van der Waals surface area contributed by atoms with E-state index in [2.05, 4.69) is 0 Å². The van der Waals surface area contributed by atoms with Crippen molar-refractivity contribution in [2.45, 2.75) is 6.92 Å². The van der Waals surface area contributed by atoms with Crippen molar-refractivity contribution in [3.63, 3.8) is 0 Å². The predicted molar refractivity (Wildman–Crippen MR) is 93.1 cm³/mol. The van der Waals surface area contributed by atoms with E-state index in [-0.39, 0.29) is 11.1 Å². The van der Waals surface area contributed by atoms with E-state index in [1.807, 2.05) is 36.4 Å². The molecule has 0 aromatic heterocycles. The monoisotopic (exact) mass is 322 g/mol. The molecule has 1 N–H and O–H groups in total. The number of hydrogen-bond acceptors (Lipinski definition) is 3. The third-order valence-electron chi connectivity index (χ3n) is 3.58. The van der Waals surface area contributed by atoms with Crippen LogP contribution in [-0.4, -0.2) is 24.2 Å². The average molecular weight is 322 g/mol. The molecule has 0 heterocycles. The maximum Gasteiger partial charge on any atom is 0.339 e. The number of aliphatic carboxylic acids is 1. The van der Waals surface area contributed by atoms with Crippen LogP contribution in [0.3, 0.4) is 0 Å². The molecule has 0 aliphatic carbocycles. The summed E-state index contributed by atoms with van der Waals surface area (Å²) in [5.74, 6) is -1.87. The van der Waals surface area contributed by atoms with Crippen molar-refractivity contribution < 1.29 is 19.4 Å². The number of benzene rings is 2. The van der Waals surface area contributed by atoms with E-state index in [4.69, 9.17) is 4.74 Å². The second-order valence-electron chi connectivity index (χ2n) is 5.13. The van der Waals surface area contributed by atoms with Crippen molar-refractivity contribution in [2.24, 2.45) is 0 Å². The first-order chi connectivity index (χ1) is 11.5. The number of carboxylic acids is 1. The van der Waals surface area contributed by atoms with Gasteiger partial charge < -0.3 is 9.84 Å². The first-order valence-corrected chi connectivity index (χ1v) is 7.39. The summed E-state index contributed by atoms with van der Waals surface area (Å²) in [4.78, 5) is 24.1. The van der Waals surface area contributed by atoms with Crippen LogP contribution in [0, 0.1) is 0 Å². The molecule has 0 aliphatic rings. The van der Waals surface area contributed by atoms with E-state index in [1.165, 1.54) is 13.2 Å². The van der Waals surface area contributed by atoms with Gasteiger partial charge in [0.1, 0.15) is 0 Å². The molecule has 0 fully saturated rings. The van der Waals surface area contributed by atoms with Crippen LogP contribution in [0.5, 0.6) is 0 Å². The van der Waals surface area contributed by atoms with Gasteiger partial charge in [-0.3, -0.25) is 0 Å². The molecule has 0 saturated carbocycles. The number of rotatable bonds is 5. The SMILES string of the molecule is COC(=O)C(/C(=C\c1ccccc1)C(=O)O)=C(\C)c1ccccc1. The van der Waals surface area contributed by atoms with E-state index in [9.17, 15) is 14.7 Å². The van der Waals surface area contributed by atoms with Crippen LogP contribution in [0.4, 0.5) is 0 Å². The Labute approximate surface area is 140 Å². The molecule has 0 bridgehead atoms. The number of carbonyl (C=O) groups excluding carboxylic acids is 1. The molecule has 24 heavy (non-hydrogen) atoms. The van der Waals surface area contributed by atoms with E-state index in [1.54, 1.807) is 31.2 Å². The topological polar surface area (TPSA) is 63.6 Å². The zero-order valence-corrected chi connectivity index (χ0v) is 13.5. The number of allylic oxidation sites excluding steroid dienone is 1. The lowest BCUT2D eigenvalue weighted by Crippen LogP contribution is -2.15.